The summed E-state index contributed by atoms with van der Waals surface area (Å²) in [7, 11) is 2.21. The Hall–Kier alpha value is -3.10. The van der Waals surface area contributed by atoms with Crippen molar-refractivity contribution in [2.75, 3.05) is 25.0 Å². The molecule has 2 saturated carbocycles. The third-order valence-electron chi connectivity index (χ3n) is 8.86. The Morgan fingerprint density at radius 2 is 1.82 bits per heavy atom. The van der Waals surface area contributed by atoms with E-state index in [0.29, 0.717) is 18.0 Å². The topological polar surface area (TPSA) is 109 Å². The van der Waals surface area contributed by atoms with Crippen molar-refractivity contribution in [2.45, 2.75) is 83.2 Å². The first-order valence-corrected chi connectivity index (χ1v) is 14.7. The number of H-pyrrole nitrogens is 1. The van der Waals surface area contributed by atoms with Gasteiger partial charge in [0.2, 0.25) is 0 Å². The first kappa shape index (κ1) is 26.1. The van der Waals surface area contributed by atoms with Crippen molar-refractivity contribution in [3.05, 3.63) is 42.5 Å². The largest absolute Gasteiger partial charge is 0.355 e. The Balaban J connectivity index is 0.000000346. The Bertz CT molecular complexity index is 1430. The van der Waals surface area contributed by atoms with Gasteiger partial charge in [0.1, 0.15) is 11.5 Å². The van der Waals surface area contributed by atoms with Gasteiger partial charge in [-0.3, -0.25) is 4.98 Å². The molecule has 0 spiro atoms. The van der Waals surface area contributed by atoms with Crippen LogP contribution in [0.1, 0.15) is 76.7 Å². The summed E-state index contributed by atoms with van der Waals surface area (Å²) in [5.74, 6) is 2.33. The van der Waals surface area contributed by atoms with Gasteiger partial charge in [0.05, 0.1) is 11.7 Å². The van der Waals surface area contributed by atoms with Crippen molar-refractivity contribution in [3.8, 4) is 11.4 Å². The number of hydrogen-bond donors (Lipinski definition) is 3. The number of pyridine rings is 2. The predicted octanol–water partition coefficient (Wildman–Crippen LogP) is 5.55. The average molecular weight is 527 g/mol. The van der Waals surface area contributed by atoms with Crippen LogP contribution in [0.3, 0.4) is 0 Å². The average Bonchev–Trinajstić information content (AvgIpc) is 3.68. The molecule has 4 aromatic heterocycles. The van der Waals surface area contributed by atoms with Crippen LogP contribution in [0.4, 0.5) is 5.82 Å². The van der Waals surface area contributed by atoms with Gasteiger partial charge in [-0.2, -0.15) is 0 Å². The van der Waals surface area contributed by atoms with Crippen LogP contribution in [0.25, 0.3) is 33.3 Å². The summed E-state index contributed by atoms with van der Waals surface area (Å²) in [5.41, 5.74) is 9.84. The van der Waals surface area contributed by atoms with Crippen LogP contribution in [-0.2, 0) is 0 Å². The molecule has 0 amide bonds. The number of fused-ring (bicyclic) bond motifs is 2. The van der Waals surface area contributed by atoms with E-state index < -0.39 is 0 Å². The molecule has 0 radical (unpaired) electrons. The summed E-state index contributed by atoms with van der Waals surface area (Å²) in [6, 6.07) is 4.98. The Morgan fingerprint density at radius 1 is 1.00 bits per heavy atom. The van der Waals surface area contributed by atoms with Gasteiger partial charge in [0.15, 0.2) is 5.82 Å². The van der Waals surface area contributed by atoms with Crippen LogP contribution >= 0.6 is 0 Å². The molecule has 1 unspecified atom stereocenters. The summed E-state index contributed by atoms with van der Waals surface area (Å²) in [6.07, 6.45) is 17.9. The minimum Gasteiger partial charge on any atom is -0.355 e. The standard InChI is InChI=1S/C25H29N7.C6H13N/c1-25(2)14-26-9-8-20(25)32(3)24-21-18(15-4-5-15)12-27-13-19(21)30-23(31-24)17-7-11-29-22-16(17)6-10-28-22;7-6-4-2-1-3-5-6/h6-7,10-13,15,20,26H,4-5,8-9,14H2,1-3H3,(H,28,29);6H,1-5,7H2. The van der Waals surface area contributed by atoms with Gasteiger partial charge in [-0.15, -0.1) is 0 Å². The van der Waals surface area contributed by atoms with Gasteiger partial charge >= 0.3 is 0 Å². The quantitative estimate of drug-likeness (QED) is 0.320. The summed E-state index contributed by atoms with van der Waals surface area (Å²) >= 11 is 0. The molecule has 1 aliphatic heterocycles. The normalized spacial score (nSPS) is 21.5. The van der Waals surface area contributed by atoms with Gasteiger partial charge in [-0.05, 0) is 67.7 Å². The van der Waals surface area contributed by atoms with E-state index in [4.69, 9.17) is 15.7 Å². The number of aromatic amines is 1. The van der Waals surface area contributed by atoms with E-state index in [1.54, 1.807) is 0 Å². The second kappa shape index (κ2) is 10.8. The predicted molar refractivity (Wildman–Crippen MR) is 159 cm³/mol. The highest BCUT2D eigenvalue weighted by molar-refractivity contribution is 5.97. The van der Waals surface area contributed by atoms with Crippen LogP contribution in [0.2, 0.25) is 0 Å². The molecule has 3 fully saturated rings. The van der Waals surface area contributed by atoms with Crippen LogP contribution < -0.4 is 16.0 Å². The van der Waals surface area contributed by atoms with Crippen molar-refractivity contribution >= 4 is 27.8 Å². The van der Waals surface area contributed by atoms with Gasteiger partial charge in [0.25, 0.3) is 0 Å². The highest BCUT2D eigenvalue weighted by Crippen LogP contribution is 2.45. The highest BCUT2D eigenvalue weighted by Gasteiger charge is 2.37. The smallest absolute Gasteiger partial charge is 0.163 e. The maximum atomic E-state index is 5.63. The van der Waals surface area contributed by atoms with Crippen molar-refractivity contribution in [1.29, 1.82) is 0 Å². The first-order chi connectivity index (χ1) is 18.9. The minimum atomic E-state index is 0.141. The number of rotatable bonds is 4. The van der Waals surface area contributed by atoms with Crippen LogP contribution in [0.15, 0.2) is 36.9 Å². The molecule has 1 atom stereocenters. The molecular weight excluding hydrogens is 484 g/mol. The molecule has 4 aromatic rings. The fraction of sp³-hybridized carbons (Fsp3) is 0.548. The third kappa shape index (κ3) is 5.37. The SMILES string of the molecule is CN(c1nc(-c2ccnc3[nH]ccc23)nc2cncc(C3CC3)c12)C1CCNCC1(C)C.NC1CCCCC1. The molecule has 8 nitrogen and oxygen atoms in total. The Labute approximate surface area is 231 Å². The van der Waals surface area contributed by atoms with E-state index in [0.717, 1.165) is 53.3 Å². The highest BCUT2D eigenvalue weighted by atomic mass is 15.2. The van der Waals surface area contributed by atoms with Crippen molar-refractivity contribution < 1.29 is 0 Å². The number of nitrogens with two attached hydrogens (primary N) is 1. The minimum absolute atomic E-state index is 0.141. The van der Waals surface area contributed by atoms with E-state index in [1.807, 2.05) is 36.9 Å². The lowest BCUT2D eigenvalue weighted by atomic mass is 9.79. The Kier molecular flexibility index (Phi) is 7.25. The fourth-order valence-electron chi connectivity index (χ4n) is 6.48. The number of piperidine rings is 1. The third-order valence-corrected chi connectivity index (χ3v) is 8.86. The van der Waals surface area contributed by atoms with Gasteiger partial charge < -0.3 is 20.9 Å². The maximum absolute atomic E-state index is 5.63. The fourth-order valence-corrected chi connectivity index (χ4v) is 6.48. The van der Waals surface area contributed by atoms with Crippen molar-refractivity contribution in [2.24, 2.45) is 11.1 Å². The number of aromatic nitrogens is 5. The van der Waals surface area contributed by atoms with Crippen LogP contribution in [0.5, 0.6) is 0 Å². The number of nitrogens with zero attached hydrogens (tertiary/aromatic N) is 5. The second-order valence-corrected chi connectivity index (χ2v) is 12.3. The summed E-state index contributed by atoms with van der Waals surface area (Å²) < 4.78 is 0. The molecule has 5 heterocycles. The number of anilines is 1. The van der Waals surface area contributed by atoms with E-state index in [1.165, 1.54) is 55.9 Å². The van der Waals surface area contributed by atoms with Gasteiger partial charge in [-0.25, -0.2) is 15.0 Å². The molecule has 7 rings (SSSR count). The molecule has 3 aliphatic rings. The Morgan fingerprint density at radius 3 is 2.54 bits per heavy atom. The molecule has 2 aliphatic carbocycles. The molecule has 0 bridgehead atoms. The molecule has 39 heavy (non-hydrogen) atoms. The summed E-state index contributed by atoms with van der Waals surface area (Å²) in [6.45, 7) is 6.73. The lowest BCUT2D eigenvalue weighted by Gasteiger charge is -2.45. The van der Waals surface area contributed by atoms with Crippen molar-refractivity contribution in [3.63, 3.8) is 0 Å². The summed E-state index contributed by atoms with van der Waals surface area (Å²) in [5, 5.41) is 5.77. The zero-order valence-corrected chi connectivity index (χ0v) is 23.6. The monoisotopic (exact) mass is 526 g/mol. The lowest BCUT2D eigenvalue weighted by molar-refractivity contribution is 0.215. The summed E-state index contributed by atoms with van der Waals surface area (Å²) in [4.78, 5) is 24.9. The molecule has 206 valence electrons. The number of nitrogens with one attached hydrogen (secondary N) is 2. The van der Waals surface area contributed by atoms with Crippen molar-refractivity contribution in [1.82, 2.24) is 30.2 Å². The molecule has 4 N–H and O–H groups in total. The molecular formula is C31H42N8. The molecule has 1 saturated heterocycles. The zero-order valence-electron chi connectivity index (χ0n) is 23.6. The first-order valence-electron chi connectivity index (χ1n) is 14.7. The van der Waals surface area contributed by atoms with E-state index >= 15 is 0 Å². The second-order valence-electron chi connectivity index (χ2n) is 12.3. The molecule has 0 aromatic carbocycles. The van der Waals surface area contributed by atoms with Gasteiger partial charge in [0, 0.05) is 60.6 Å². The van der Waals surface area contributed by atoms with Gasteiger partial charge in [-0.1, -0.05) is 33.1 Å². The lowest BCUT2D eigenvalue weighted by Crippen LogP contribution is -2.53. The van der Waals surface area contributed by atoms with Crippen LogP contribution in [0, 0.1) is 5.41 Å². The van der Waals surface area contributed by atoms with E-state index in [2.05, 4.69) is 46.1 Å². The maximum Gasteiger partial charge on any atom is 0.163 e. The number of hydrogen-bond acceptors (Lipinski definition) is 7. The zero-order chi connectivity index (χ0) is 27.0. The van der Waals surface area contributed by atoms with Crippen LogP contribution in [-0.4, -0.2) is 57.1 Å². The molecule has 8 heteroatoms. The van der Waals surface area contributed by atoms with E-state index in [9.17, 15) is 0 Å². The van der Waals surface area contributed by atoms with E-state index in [-0.39, 0.29) is 5.41 Å².